The molecule has 3 nitrogen and oxygen atoms in total. The summed E-state index contributed by atoms with van der Waals surface area (Å²) in [7, 11) is 4.21. The number of aliphatic carboxylic acids is 1. The fourth-order valence-corrected chi connectivity index (χ4v) is 2.49. The molecule has 0 heterocycles. The predicted molar refractivity (Wildman–Crippen MR) is 60.8 cm³/mol. The molecule has 0 aromatic heterocycles. The predicted octanol–water partition coefficient (Wildman–Crippen LogP) is 2.22. The molecule has 15 heavy (non-hydrogen) atoms. The summed E-state index contributed by atoms with van der Waals surface area (Å²) < 4.78 is 0. The molecule has 88 valence electrons. The number of rotatable bonds is 3. The summed E-state index contributed by atoms with van der Waals surface area (Å²) in [6, 6.07) is 0.644. The Kier molecular flexibility index (Phi) is 3.77. The van der Waals surface area contributed by atoms with Crippen LogP contribution >= 0.6 is 0 Å². The van der Waals surface area contributed by atoms with Crippen LogP contribution in [-0.2, 0) is 4.79 Å². The van der Waals surface area contributed by atoms with Gasteiger partial charge in [-0.15, -0.1) is 0 Å². The molecule has 1 rings (SSSR count). The Morgan fingerprint density at radius 1 is 1.20 bits per heavy atom. The van der Waals surface area contributed by atoms with Gasteiger partial charge < -0.3 is 10.0 Å². The lowest BCUT2D eigenvalue weighted by molar-refractivity contribution is -0.151. The molecule has 0 bridgehead atoms. The van der Waals surface area contributed by atoms with Crippen LogP contribution in [0.3, 0.4) is 0 Å². The molecule has 1 aliphatic rings. The molecule has 1 fully saturated rings. The van der Waals surface area contributed by atoms with E-state index < -0.39 is 11.4 Å². The summed E-state index contributed by atoms with van der Waals surface area (Å²) in [5, 5.41) is 9.16. The minimum Gasteiger partial charge on any atom is -0.481 e. The summed E-state index contributed by atoms with van der Waals surface area (Å²) in [6.45, 7) is 3.71. The number of hydrogen-bond donors (Lipinski definition) is 1. The highest BCUT2D eigenvalue weighted by Crippen LogP contribution is 2.39. The van der Waals surface area contributed by atoms with Gasteiger partial charge in [0.2, 0.25) is 0 Å². The fourth-order valence-electron chi connectivity index (χ4n) is 2.49. The highest BCUT2D eigenvalue weighted by atomic mass is 16.4. The first-order valence-corrected chi connectivity index (χ1v) is 5.75. The van der Waals surface area contributed by atoms with E-state index in [-0.39, 0.29) is 0 Å². The highest BCUT2D eigenvalue weighted by molar-refractivity contribution is 5.74. The third-order valence-electron chi connectivity index (χ3n) is 4.00. The van der Waals surface area contributed by atoms with Crippen molar-refractivity contribution in [1.29, 1.82) is 0 Å². The summed E-state index contributed by atoms with van der Waals surface area (Å²) in [5.41, 5.74) is -0.558. The first-order valence-electron chi connectivity index (χ1n) is 5.75. The van der Waals surface area contributed by atoms with Crippen LogP contribution < -0.4 is 0 Å². The van der Waals surface area contributed by atoms with Crippen LogP contribution in [-0.4, -0.2) is 36.1 Å². The van der Waals surface area contributed by atoms with Crippen molar-refractivity contribution in [2.24, 2.45) is 11.3 Å². The lowest BCUT2D eigenvalue weighted by Gasteiger charge is -2.38. The average molecular weight is 213 g/mol. The lowest BCUT2D eigenvalue weighted by Crippen LogP contribution is -2.39. The minimum absolute atomic E-state index is 0.339. The molecule has 3 heteroatoms. The standard InChI is InChI=1S/C12H23NO2/c1-12(2,11(14)15)9-5-7-10(8-6-9)13(3)4/h9-10H,5-8H2,1-4H3,(H,14,15). The summed E-state index contributed by atoms with van der Waals surface area (Å²) in [5.74, 6) is -0.318. The first kappa shape index (κ1) is 12.5. The van der Waals surface area contributed by atoms with Crippen molar-refractivity contribution in [3.63, 3.8) is 0 Å². The molecule has 1 aliphatic carbocycles. The van der Waals surface area contributed by atoms with Gasteiger partial charge in [-0.3, -0.25) is 4.79 Å². The topological polar surface area (TPSA) is 40.5 Å². The van der Waals surface area contributed by atoms with Crippen molar-refractivity contribution < 1.29 is 9.90 Å². The Morgan fingerprint density at radius 2 is 1.67 bits per heavy atom. The van der Waals surface area contributed by atoms with E-state index in [2.05, 4.69) is 19.0 Å². The molecule has 0 aromatic rings. The van der Waals surface area contributed by atoms with Crippen LogP contribution in [0, 0.1) is 11.3 Å². The maximum atomic E-state index is 11.1. The fraction of sp³-hybridized carbons (Fsp3) is 0.917. The van der Waals surface area contributed by atoms with E-state index in [1.807, 2.05) is 13.8 Å². The van der Waals surface area contributed by atoms with Gasteiger partial charge in [0.25, 0.3) is 0 Å². The minimum atomic E-state index is -0.657. The van der Waals surface area contributed by atoms with Gasteiger partial charge in [0.1, 0.15) is 0 Å². The van der Waals surface area contributed by atoms with E-state index in [4.69, 9.17) is 5.11 Å². The van der Waals surface area contributed by atoms with Gasteiger partial charge in [-0.05, 0) is 59.5 Å². The highest BCUT2D eigenvalue weighted by Gasteiger charge is 2.38. The summed E-state index contributed by atoms with van der Waals surface area (Å²) in [6.07, 6.45) is 4.35. The van der Waals surface area contributed by atoms with E-state index in [1.165, 1.54) is 0 Å². The second kappa shape index (κ2) is 4.52. The molecule has 0 radical (unpaired) electrons. The Labute approximate surface area is 92.5 Å². The third-order valence-corrected chi connectivity index (χ3v) is 4.00. The molecule has 0 atom stereocenters. The van der Waals surface area contributed by atoms with E-state index in [1.54, 1.807) is 0 Å². The van der Waals surface area contributed by atoms with Crippen molar-refractivity contribution in [2.45, 2.75) is 45.6 Å². The second-order valence-corrected chi connectivity index (χ2v) is 5.50. The quantitative estimate of drug-likeness (QED) is 0.781. The van der Waals surface area contributed by atoms with Crippen LogP contribution in [0.4, 0.5) is 0 Å². The monoisotopic (exact) mass is 213 g/mol. The number of carboxylic acid groups (broad SMARTS) is 1. The summed E-state index contributed by atoms with van der Waals surface area (Å²) in [4.78, 5) is 13.4. The molecule has 1 saturated carbocycles. The van der Waals surface area contributed by atoms with Gasteiger partial charge in [0.05, 0.1) is 5.41 Å². The Morgan fingerprint density at radius 3 is 2.00 bits per heavy atom. The number of nitrogens with zero attached hydrogens (tertiary/aromatic N) is 1. The molecule has 0 aliphatic heterocycles. The number of carbonyl (C=O) groups is 1. The van der Waals surface area contributed by atoms with Crippen molar-refractivity contribution in [3.05, 3.63) is 0 Å². The molecular formula is C12H23NO2. The van der Waals surface area contributed by atoms with Crippen molar-refractivity contribution in [1.82, 2.24) is 4.90 Å². The van der Waals surface area contributed by atoms with Crippen LogP contribution in [0.15, 0.2) is 0 Å². The molecule has 0 spiro atoms. The van der Waals surface area contributed by atoms with Crippen LogP contribution in [0.1, 0.15) is 39.5 Å². The van der Waals surface area contributed by atoms with Gasteiger partial charge in [-0.2, -0.15) is 0 Å². The van der Waals surface area contributed by atoms with Gasteiger partial charge >= 0.3 is 5.97 Å². The molecule has 1 N–H and O–H groups in total. The summed E-state index contributed by atoms with van der Waals surface area (Å²) >= 11 is 0. The largest absolute Gasteiger partial charge is 0.481 e. The van der Waals surface area contributed by atoms with Gasteiger partial charge in [0, 0.05) is 6.04 Å². The Bertz CT molecular complexity index is 228. The van der Waals surface area contributed by atoms with E-state index in [9.17, 15) is 4.79 Å². The molecule has 0 saturated heterocycles. The van der Waals surface area contributed by atoms with Crippen molar-refractivity contribution in [3.8, 4) is 0 Å². The SMILES string of the molecule is CN(C)C1CCC(C(C)(C)C(=O)O)CC1. The maximum absolute atomic E-state index is 11.1. The third kappa shape index (κ3) is 2.71. The molecule has 0 amide bonds. The Hall–Kier alpha value is -0.570. The normalized spacial score (nSPS) is 28.1. The second-order valence-electron chi connectivity index (χ2n) is 5.50. The van der Waals surface area contributed by atoms with Crippen molar-refractivity contribution >= 4 is 5.97 Å². The van der Waals surface area contributed by atoms with Gasteiger partial charge in [-0.1, -0.05) is 0 Å². The zero-order valence-corrected chi connectivity index (χ0v) is 10.3. The van der Waals surface area contributed by atoms with Gasteiger partial charge in [-0.25, -0.2) is 0 Å². The Balaban J connectivity index is 2.54. The lowest BCUT2D eigenvalue weighted by atomic mass is 9.70. The number of hydrogen-bond acceptors (Lipinski definition) is 2. The van der Waals surface area contributed by atoms with Gasteiger partial charge in [0.15, 0.2) is 0 Å². The number of carboxylic acids is 1. The van der Waals surface area contributed by atoms with Crippen LogP contribution in [0.5, 0.6) is 0 Å². The maximum Gasteiger partial charge on any atom is 0.309 e. The zero-order chi connectivity index (χ0) is 11.6. The first-order chi connectivity index (χ1) is 6.85. The molecule has 0 aromatic carbocycles. The van der Waals surface area contributed by atoms with E-state index in [0.29, 0.717) is 12.0 Å². The molecule has 0 unspecified atom stereocenters. The van der Waals surface area contributed by atoms with Crippen LogP contribution in [0.2, 0.25) is 0 Å². The van der Waals surface area contributed by atoms with Crippen LogP contribution in [0.25, 0.3) is 0 Å². The smallest absolute Gasteiger partial charge is 0.309 e. The molecular weight excluding hydrogens is 190 g/mol. The van der Waals surface area contributed by atoms with Crippen molar-refractivity contribution in [2.75, 3.05) is 14.1 Å². The average Bonchev–Trinajstić information content (AvgIpc) is 2.17. The van der Waals surface area contributed by atoms with E-state index in [0.717, 1.165) is 25.7 Å². The van der Waals surface area contributed by atoms with E-state index >= 15 is 0 Å². The zero-order valence-electron chi connectivity index (χ0n) is 10.3.